The molecule has 2 amide bonds. The number of amides is 2. The van der Waals surface area contributed by atoms with Crippen LogP contribution in [0.5, 0.6) is 0 Å². The second kappa shape index (κ2) is 6.13. The van der Waals surface area contributed by atoms with Crippen molar-refractivity contribution in [2.24, 2.45) is 0 Å². The highest BCUT2D eigenvalue weighted by Gasteiger charge is 2.04. The van der Waals surface area contributed by atoms with Gasteiger partial charge in [0.25, 0.3) is 0 Å². The van der Waals surface area contributed by atoms with E-state index >= 15 is 0 Å². The largest absolute Gasteiger partial charge is 0.334 e. The first-order valence-electron chi connectivity index (χ1n) is 4.86. The number of thiazole rings is 1. The Bertz CT molecular complexity index is 483. The molecule has 2 N–H and O–H groups in total. The number of carbonyl (C=O) groups is 1. The van der Waals surface area contributed by atoms with Crippen LogP contribution in [0.4, 0.5) is 4.79 Å². The van der Waals surface area contributed by atoms with Gasteiger partial charge in [0.2, 0.25) is 0 Å². The molecule has 2 heterocycles. The number of halogens is 1. The van der Waals surface area contributed by atoms with Crippen LogP contribution >= 0.6 is 38.6 Å². The van der Waals surface area contributed by atoms with E-state index in [2.05, 4.69) is 31.5 Å². The van der Waals surface area contributed by atoms with Gasteiger partial charge in [-0.2, -0.15) is 0 Å². The van der Waals surface area contributed by atoms with Crippen LogP contribution in [-0.4, -0.2) is 11.0 Å². The van der Waals surface area contributed by atoms with Crippen molar-refractivity contribution in [2.75, 3.05) is 0 Å². The summed E-state index contributed by atoms with van der Waals surface area (Å²) in [4.78, 5) is 15.6. The first kappa shape index (κ1) is 12.5. The number of aromatic nitrogens is 1. The van der Waals surface area contributed by atoms with E-state index in [-0.39, 0.29) is 6.03 Å². The van der Waals surface area contributed by atoms with Gasteiger partial charge in [-0.05, 0) is 32.9 Å². The van der Waals surface area contributed by atoms with Crippen LogP contribution in [0.2, 0.25) is 0 Å². The molecule has 0 bridgehead atoms. The maximum Gasteiger partial charge on any atom is 0.315 e. The Morgan fingerprint density at radius 3 is 2.88 bits per heavy atom. The molecule has 0 aromatic carbocycles. The van der Waals surface area contributed by atoms with Crippen molar-refractivity contribution in [3.63, 3.8) is 0 Å². The van der Waals surface area contributed by atoms with E-state index in [1.165, 1.54) is 11.3 Å². The molecule has 0 aliphatic carbocycles. The molecule has 0 unspecified atom stereocenters. The molecule has 0 saturated heterocycles. The monoisotopic (exact) mass is 331 g/mol. The van der Waals surface area contributed by atoms with Crippen molar-refractivity contribution in [1.29, 1.82) is 0 Å². The van der Waals surface area contributed by atoms with Crippen LogP contribution in [-0.2, 0) is 13.1 Å². The maximum absolute atomic E-state index is 11.5. The third-order valence-corrected chi connectivity index (χ3v) is 4.49. The highest BCUT2D eigenvalue weighted by Crippen LogP contribution is 2.22. The molecule has 7 heteroatoms. The third-order valence-electron chi connectivity index (χ3n) is 2.05. The highest BCUT2D eigenvalue weighted by atomic mass is 79.9. The van der Waals surface area contributed by atoms with E-state index in [0.717, 1.165) is 15.0 Å². The van der Waals surface area contributed by atoms with Crippen LogP contribution in [0, 0.1) is 0 Å². The van der Waals surface area contributed by atoms with Gasteiger partial charge in [0, 0.05) is 11.9 Å². The van der Waals surface area contributed by atoms with Crippen LogP contribution in [0.15, 0.2) is 26.1 Å². The molecule has 17 heavy (non-hydrogen) atoms. The molecule has 2 rings (SSSR count). The van der Waals surface area contributed by atoms with Gasteiger partial charge in [0.05, 0.1) is 21.5 Å². The summed E-state index contributed by atoms with van der Waals surface area (Å²) >= 11 is 6.55. The molecule has 2 aromatic rings. The number of hydrogen-bond donors (Lipinski definition) is 2. The van der Waals surface area contributed by atoms with E-state index in [1.807, 2.05) is 16.8 Å². The lowest BCUT2D eigenvalue weighted by molar-refractivity contribution is 0.240. The molecular weight excluding hydrogens is 322 g/mol. The van der Waals surface area contributed by atoms with E-state index in [1.54, 1.807) is 16.8 Å². The number of hydrogen-bond acceptors (Lipinski definition) is 4. The van der Waals surface area contributed by atoms with Gasteiger partial charge in [0.1, 0.15) is 0 Å². The molecule has 90 valence electrons. The number of nitrogens with one attached hydrogen (secondary N) is 2. The molecule has 0 aliphatic rings. The van der Waals surface area contributed by atoms with Crippen molar-refractivity contribution < 1.29 is 4.79 Å². The minimum absolute atomic E-state index is 0.184. The number of urea groups is 1. The fraction of sp³-hybridized carbons (Fsp3) is 0.200. The molecule has 0 spiro atoms. The molecule has 2 aromatic heterocycles. The Kier molecular flexibility index (Phi) is 4.52. The van der Waals surface area contributed by atoms with E-state index in [4.69, 9.17) is 0 Å². The Morgan fingerprint density at radius 2 is 2.24 bits per heavy atom. The second-order valence-corrected chi connectivity index (χ2v) is 6.19. The van der Waals surface area contributed by atoms with Gasteiger partial charge in [-0.3, -0.25) is 0 Å². The summed E-state index contributed by atoms with van der Waals surface area (Å²) < 4.78 is 1.05. The van der Waals surface area contributed by atoms with Crippen LogP contribution < -0.4 is 10.6 Å². The maximum atomic E-state index is 11.5. The van der Waals surface area contributed by atoms with Crippen molar-refractivity contribution in [3.05, 3.63) is 37.4 Å². The van der Waals surface area contributed by atoms with Gasteiger partial charge in [-0.15, -0.1) is 22.7 Å². The van der Waals surface area contributed by atoms with Gasteiger partial charge in [0.15, 0.2) is 0 Å². The van der Waals surface area contributed by atoms with Crippen molar-refractivity contribution in [2.45, 2.75) is 13.1 Å². The standard InChI is InChI=1S/C10H10BrN3OS2/c11-9-7(1-2-17-9)3-12-10(15)13-4-8-5-16-6-14-8/h1-2,5-6H,3-4H2,(H2,12,13,15). The summed E-state index contributed by atoms with van der Waals surface area (Å²) in [6.45, 7) is 0.979. The van der Waals surface area contributed by atoms with Crippen LogP contribution in [0.3, 0.4) is 0 Å². The molecule has 0 atom stereocenters. The summed E-state index contributed by atoms with van der Waals surface area (Å²) in [6, 6.07) is 1.80. The minimum atomic E-state index is -0.184. The van der Waals surface area contributed by atoms with E-state index < -0.39 is 0 Å². The SMILES string of the molecule is O=C(NCc1cscn1)NCc1ccsc1Br. The first-order chi connectivity index (χ1) is 8.25. The van der Waals surface area contributed by atoms with Gasteiger partial charge in [-0.1, -0.05) is 0 Å². The second-order valence-electron chi connectivity index (χ2n) is 3.24. The summed E-state index contributed by atoms with van der Waals surface area (Å²) in [5, 5.41) is 9.43. The number of thiophene rings is 1. The van der Waals surface area contributed by atoms with Gasteiger partial charge < -0.3 is 10.6 Å². The fourth-order valence-corrected chi connectivity index (χ4v) is 2.98. The third kappa shape index (κ3) is 3.79. The van der Waals surface area contributed by atoms with E-state index in [9.17, 15) is 4.79 Å². The minimum Gasteiger partial charge on any atom is -0.334 e. The number of rotatable bonds is 4. The van der Waals surface area contributed by atoms with Gasteiger partial charge >= 0.3 is 6.03 Å². The lowest BCUT2D eigenvalue weighted by Gasteiger charge is -2.05. The molecule has 0 aliphatic heterocycles. The Balaban J connectivity index is 1.73. The Labute approximate surface area is 115 Å². The highest BCUT2D eigenvalue weighted by molar-refractivity contribution is 9.11. The molecule has 0 radical (unpaired) electrons. The Hall–Kier alpha value is -0.920. The predicted molar refractivity (Wildman–Crippen MR) is 73.2 cm³/mol. The summed E-state index contributed by atoms with van der Waals surface area (Å²) in [7, 11) is 0. The average Bonchev–Trinajstić information content (AvgIpc) is 2.95. The molecule has 0 fully saturated rings. The normalized spacial score (nSPS) is 10.2. The molecule has 0 saturated carbocycles. The summed E-state index contributed by atoms with van der Waals surface area (Å²) in [5.41, 5.74) is 3.71. The van der Waals surface area contributed by atoms with Crippen LogP contribution in [0.1, 0.15) is 11.3 Å². The average molecular weight is 332 g/mol. The predicted octanol–water partition coefficient (Wildman–Crippen LogP) is 2.97. The lowest BCUT2D eigenvalue weighted by Crippen LogP contribution is -2.34. The zero-order chi connectivity index (χ0) is 12.1. The molecular formula is C10H10BrN3OS2. The van der Waals surface area contributed by atoms with Crippen LogP contribution in [0.25, 0.3) is 0 Å². The molecule has 4 nitrogen and oxygen atoms in total. The van der Waals surface area contributed by atoms with Crippen molar-refractivity contribution in [3.8, 4) is 0 Å². The van der Waals surface area contributed by atoms with Crippen molar-refractivity contribution >= 4 is 44.6 Å². The summed E-state index contributed by atoms with van der Waals surface area (Å²) in [5.74, 6) is 0. The number of carbonyl (C=O) groups excluding carboxylic acids is 1. The number of nitrogens with zero attached hydrogens (tertiary/aromatic N) is 1. The van der Waals surface area contributed by atoms with Gasteiger partial charge in [-0.25, -0.2) is 9.78 Å². The lowest BCUT2D eigenvalue weighted by atomic mass is 10.3. The Morgan fingerprint density at radius 1 is 1.41 bits per heavy atom. The zero-order valence-electron chi connectivity index (χ0n) is 8.77. The van der Waals surface area contributed by atoms with E-state index in [0.29, 0.717) is 13.1 Å². The first-order valence-corrected chi connectivity index (χ1v) is 7.48. The summed E-state index contributed by atoms with van der Waals surface area (Å²) in [6.07, 6.45) is 0. The zero-order valence-corrected chi connectivity index (χ0v) is 12.0. The van der Waals surface area contributed by atoms with Crippen molar-refractivity contribution in [1.82, 2.24) is 15.6 Å². The fourth-order valence-electron chi connectivity index (χ4n) is 1.18. The smallest absolute Gasteiger partial charge is 0.315 e. The quantitative estimate of drug-likeness (QED) is 0.904. The topological polar surface area (TPSA) is 54.0 Å².